The zero-order valence-corrected chi connectivity index (χ0v) is 11.1. The van der Waals surface area contributed by atoms with Gasteiger partial charge < -0.3 is 15.3 Å². The van der Waals surface area contributed by atoms with Crippen molar-refractivity contribution in [2.24, 2.45) is 5.92 Å². The molecular weight excluding hydrogens is 294 g/mol. The molecule has 10 heteroatoms. The van der Waals surface area contributed by atoms with Crippen molar-refractivity contribution >= 4 is 5.91 Å². The third kappa shape index (κ3) is 6.42. The molecule has 0 aliphatic rings. The highest BCUT2D eigenvalue weighted by molar-refractivity contribution is 5.80. The van der Waals surface area contributed by atoms with E-state index < -0.39 is 36.3 Å². The molecule has 0 rings (SSSR count). The van der Waals surface area contributed by atoms with E-state index in [9.17, 15) is 36.2 Å². The van der Waals surface area contributed by atoms with E-state index in [0.717, 1.165) is 0 Å². The summed E-state index contributed by atoms with van der Waals surface area (Å²) < 4.78 is 73.5. The Kier molecular flexibility index (Phi) is 5.85. The molecule has 0 bridgehead atoms. The maximum Gasteiger partial charge on any atom is 0.409 e. The molecule has 120 valence electrons. The summed E-state index contributed by atoms with van der Waals surface area (Å²) in [5.41, 5.74) is -1.65. The molecule has 0 saturated heterocycles. The quantitative estimate of drug-likeness (QED) is 0.749. The van der Waals surface area contributed by atoms with Crippen molar-refractivity contribution in [1.82, 2.24) is 10.2 Å². The molecule has 0 heterocycles. The molecule has 0 aromatic carbocycles. The first-order valence-electron chi connectivity index (χ1n) is 5.45. The molecule has 2 N–H and O–H groups in total. The fraction of sp³-hybridized carbons (Fsp3) is 0.900. The SMILES string of the molecule is CN(C)CC(C)(O)CNC(=O)C(C(F)(F)F)C(F)(F)F. The van der Waals surface area contributed by atoms with Crippen LogP contribution < -0.4 is 5.32 Å². The maximum absolute atomic E-state index is 12.2. The summed E-state index contributed by atoms with van der Waals surface area (Å²) in [4.78, 5) is 12.6. The molecule has 1 unspecified atom stereocenters. The first kappa shape index (κ1) is 19.0. The van der Waals surface area contributed by atoms with Gasteiger partial charge in [-0.2, -0.15) is 26.3 Å². The lowest BCUT2D eigenvalue weighted by atomic mass is 10.0. The molecule has 20 heavy (non-hydrogen) atoms. The van der Waals surface area contributed by atoms with E-state index in [1.54, 1.807) is 14.1 Å². The van der Waals surface area contributed by atoms with Crippen LogP contribution in [0.2, 0.25) is 0 Å². The lowest BCUT2D eigenvalue weighted by Crippen LogP contribution is -2.53. The van der Waals surface area contributed by atoms with Crippen molar-refractivity contribution in [3.8, 4) is 0 Å². The zero-order valence-electron chi connectivity index (χ0n) is 11.1. The molecular formula is C10H16F6N2O2. The van der Waals surface area contributed by atoms with Gasteiger partial charge >= 0.3 is 12.4 Å². The number of halogens is 6. The summed E-state index contributed by atoms with van der Waals surface area (Å²) in [6.07, 6.45) is -11.5. The maximum atomic E-state index is 12.2. The Morgan fingerprint density at radius 3 is 1.85 bits per heavy atom. The molecule has 4 nitrogen and oxygen atoms in total. The van der Waals surface area contributed by atoms with E-state index in [0.29, 0.717) is 0 Å². The number of carbonyl (C=O) groups excluding carboxylic acids is 1. The highest BCUT2D eigenvalue weighted by Crippen LogP contribution is 2.39. The van der Waals surface area contributed by atoms with Crippen LogP contribution in [0.4, 0.5) is 26.3 Å². The van der Waals surface area contributed by atoms with Gasteiger partial charge in [0.2, 0.25) is 11.8 Å². The number of hydrogen-bond acceptors (Lipinski definition) is 3. The van der Waals surface area contributed by atoms with Crippen molar-refractivity contribution in [2.75, 3.05) is 27.2 Å². The highest BCUT2D eigenvalue weighted by atomic mass is 19.4. The van der Waals surface area contributed by atoms with E-state index in [1.165, 1.54) is 17.1 Å². The highest BCUT2D eigenvalue weighted by Gasteiger charge is 2.61. The van der Waals surface area contributed by atoms with Gasteiger partial charge in [-0.25, -0.2) is 0 Å². The standard InChI is InChI=1S/C10H16F6N2O2/c1-8(20,5-18(2)3)4-17-7(19)6(9(11,12)13)10(14,15)16/h6,20H,4-5H2,1-3H3,(H,17,19). The summed E-state index contributed by atoms with van der Waals surface area (Å²) >= 11 is 0. The number of nitrogens with one attached hydrogen (secondary N) is 1. The molecule has 0 aromatic rings. The number of nitrogens with zero attached hydrogens (tertiary/aromatic N) is 1. The summed E-state index contributed by atoms with van der Waals surface area (Å²) in [5, 5.41) is 11.2. The predicted molar refractivity (Wildman–Crippen MR) is 57.8 cm³/mol. The number of aliphatic hydroxyl groups is 1. The van der Waals surface area contributed by atoms with Crippen LogP contribution in [0.1, 0.15) is 6.92 Å². The largest absolute Gasteiger partial charge is 0.409 e. The third-order valence-electron chi connectivity index (χ3n) is 2.22. The van der Waals surface area contributed by atoms with Gasteiger partial charge in [-0.15, -0.1) is 0 Å². The second kappa shape index (κ2) is 6.17. The number of carbonyl (C=O) groups is 1. The molecule has 0 fully saturated rings. The normalized spacial score (nSPS) is 16.4. The minimum atomic E-state index is -5.74. The van der Waals surface area contributed by atoms with E-state index in [-0.39, 0.29) is 6.54 Å². The van der Waals surface area contributed by atoms with Crippen LogP contribution in [0.3, 0.4) is 0 Å². The minimum absolute atomic E-state index is 0.0457. The van der Waals surface area contributed by atoms with Crippen molar-refractivity contribution < 1.29 is 36.2 Å². The number of amides is 1. The van der Waals surface area contributed by atoms with Crippen molar-refractivity contribution in [2.45, 2.75) is 24.9 Å². The molecule has 0 aliphatic heterocycles. The Morgan fingerprint density at radius 2 is 1.55 bits per heavy atom. The van der Waals surface area contributed by atoms with Gasteiger partial charge in [0.1, 0.15) is 0 Å². The minimum Gasteiger partial charge on any atom is -0.387 e. The molecule has 1 atom stereocenters. The van der Waals surface area contributed by atoms with Gasteiger partial charge in [0.05, 0.1) is 5.60 Å². The number of rotatable bonds is 5. The van der Waals surface area contributed by atoms with Crippen LogP contribution in [0, 0.1) is 5.92 Å². The number of alkyl halides is 6. The smallest absolute Gasteiger partial charge is 0.387 e. The summed E-state index contributed by atoms with van der Waals surface area (Å²) in [6.45, 7) is 0.409. The number of hydrogen-bond donors (Lipinski definition) is 2. The van der Waals surface area contributed by atoms with Crippen LogP contribution in [-0.4, -0.2) is 61.1 Å². The summed E-state index contributed by atoms with van der Waals surface area (Å²) in [5.74, 6) is -6.34. The third-order valence-corrected chi connectivity index (χ3v) is 2.22. The summed E-state index contributed by atoms with van der Waals surface area (Å²) in [6, 6.07) is 0. The van der Waals surface area contributed by atoms with E-state index in [2.05, 4.69) is 0 Å². The van der Waals surface area contributed by atoms with E-state index >= 15 is 0 Å². The Morgan fingerprint density at radius 1 is 1.15 bits per heavy atom. The summed E-state index contributed by atoms with van der Waals surface area (Å²) in [7, 11) is 3.09. The van der Waals surface area contributed by atoms with Gasteiger partial charge in [0, 0.05) is 13.1 Å². The van der Waals surface area contributed by atoms with Crippen LogP contribution in [0.25, 0.3) is 0 Å². The van der Waals surface area contributed by atoms with E-state index in [4.69, 9.17) is 0 Å². The Balaban J connectivity index is 4.81. The van der Waals surface area contributed by atoms with Crippen molar-refractivity contribution in [3.05, 3.63) is 0 Å². The van der Waals surface area contributed by atoms with Gasteiger partial charge in [-0.05, 0) is 21.0 Å². The van der Waals surface area contributed by atoms with Crippen LogP contribution in [0.5, 0.6) is 0 Å². The van der Waals surface area contributed by atoms with Gasteiger partial charge in [0.15, 0.2) is 0 Å². The first-order chi connectivity index (χ1) is 8.67. The average Bonchev–Trinajstić information content (AvgIpc) is 2.07. The molecule has 0 aromatic heterocycles. The van der Waals surface area contributed by atoms with Crippen LogP contribution in [-0.2, 0) is 4.79 Å². The van der Waals surface area contributed by atoms with Gasteiger partial charge in [-0.3, -0.25) is 4.79 Å². The second-order valence-electron chi connectivity index (χ2n) is 4.97. The lowest BCUT2D eigenvalue weighted by molar-refractivity contribution is -0.274. The zero-order chi connectivity index (χ0) is 16.4. The monoisotopic (exact) mass is 310 g/mol. The Bertz CT molecular complexity index is 324. The van der Waals surface area contributed by atoms with E-state index in [1.807, 2.05) is 0 Å². The van der Waals surface area contributed by atoms with Crippen molar-refractivity contribution in [1.29, 1.82) is 0 Å². The fourth-order valence-corrected chi connectivity index (χ4v) is 1.60. The molecule has 0 radical (unpaired) electrons. The average molecular weight is 310 g/mol. The topological polar surface area (TPSA) is 52.6 Å². The predicted octanol–water partition coefficient (Wildman–Crippen LogP) is 1.16. The Hall–Kier alpha value is -1.03. The van der Waals surface area contributed by atoms with Gasteiger partial charge in [0.25, 0.3) is 0 Å². The molecule has 1 amide bonds. The first-order valence-corrected chi connectivity index (χ1v) is 5.45. The molecule has 0 saturated carbocycles. The van der Waals surface area contributed by atoms with Crippen LogP contribution in [0.15, 0.2) is 0 Å². The fourth-order valence-electron chi connectivity index (χ4n) is 1.60. The van der Waals surface area contributed by atoms with Crippen LogP contribution >= 0.6 is 0 Å². The second-order valence-corrected chi connectivity index (χ2v) is 4.97. The molecule has 0 aliphatic carbocycles. The Labute approximate surface area is 111 Å². The molecule has 0 spiro atoms. The lowest BCUT2D eigenvalue weighted by Gasteiger charge is -2.28. The van der Waals surface area contributed by atoms with Crippen molar-refractivity contribution in [3.63, 3.8) is 0 Å². The number of likely N-dealkylation sites (N-methyl/N-ethyl adjacent to an activating group) is 1. The van der Waals surface area contributed by atoms with Gasteiger partial charge in [-0.1, -0.05) is 0 Å².